The van der Waals surface area contributed by atoms with Gasteiger partial charge in [0.2, 0.25) is 0 Å². The van der Waals surface area contributed by atoms with Gasteiger partial charge in [-0.25, -0.2) is 0 Å². The second-order valence-corrected chi connectivity index (χ2v) is 6.18. The van der Waals surface area contributed by atoms with Crippen molar-refractivity contribution < 1.29 is 24.3 Å². The lowest BCUT2D eigenvalue weighted by Crippen LogP contribution is -2.87. The molecule has 5 heteroatoms. The number of quaternary nitrogens is 1. The third kappa shape index (κ3) is 3.51. The summed E-state index contributed by atoms with van der Waals surface area (Å²) in [5, 5.41) is 2.39. The van der Waals surface area contributed by atoms with Gasteiger partial charge in [-0.15, -0.1) is 0 Å². The Bertz CT molecular complexity index is 745. The van der Waals surface area contributed by atoms with Gasteiger partial charge in [0, 0.05) is 18.4 Å². The van der Waals surface area contributed by atoms with Gasteiger partial charge in [-0.2, -0.15) is 0 Å². The van der Waals surface area contributed by atoms with Gasteiger partial charge in [0.1, 0.15) is 6.04 Å². The van der Waals surface area contributed by atoms with Crippen LogP contribution in [-0.4, -0.2) is 35.0 Å². The molecule has 2 N–H and O–H groups in total. The molecular formula is C20H26NO4+. The van der Waals surface area contributed by atoms with E-state index in [9.17, 15) is 0 Å². The summed E-state index contributed by atoms with van der Waals surface area (Å²) >= 11 is 0. The Kier molecular flexibility index (Phi) is 5.34. The lowest BCUT2D eigenvalue weighted by molar-refractivity contribution is -0.698. The van der Waals surface area contributed by atoms with Gasteiger partial charge in [0.05, 0.1) is 35.0 Å². The van der Waals surface area contributed by atoms with Gasteiger partial charge in [0.25, 0.3) is 0 Å². The molecule has 25 heavy (non-hydrogen) atoms. The van der Waals surface area contributed by atoms with E-state index >= 15 is 0 Å². The Morgan fingerprint density at radius 3 is 2.16 bits per heavy atom. The zero-order valence-corrected chi connectivity index (χ0v) is 15.3. The Morgan fingerprint density at radius 1 is 0.840 bits per heavy atom. The second-order valence-electron chi connectivity index (χ2n) is 6.18. The fourth-order valence-electron chi connectivity index (χ4n) is 3.52. The third-order valence-corrected chi connectivity index (χ3v) is 4.81. The normalized spacial score (nSPS) is 16.1. The molecule has 2 aromatic rings. The minimum absolute atomic E-state index is 0.349. The van der Waals surface area contributed by atoms with Gasteiger partial charge < -0.3 is 24.3 Å². The van der Waals surface area contributed by atoms with E-state index in [0.29, 0.717) is 6.04 Å². The molecule has 1 atom stereocenters. The van der Waals surface area contributed by atoms with Crippen LogP contribution in [0.2, 0.25) is 0 Å². The quantitative estimate of drug-likeness (QED) is 0.872. The van der Waals surface area contributed by atoms with E-state index in [1.54, 1.807) is 28.4 Å². The summed E-state index contributed by atoms with van der Waals surface area (Å²) < 4.78 is 21.7. The van der Waals surface area contributed by atoms with Crippen LogP contribution >= 0.6 is 0 Å². The average Bonchev–Trinajstić information content (AvgIpc) is 2.66. The first kappa shape index (κ1) is 17.4. The highest BCUT2D eigenvalue weighted by molar-refractivity contribution is 5.49. The maximum absolute atomic E-state index is 5.49. The van der Waals surface area contributed by atoms with E-state index < -0.39 is 0 Å². The van der Waals surface area contributed by atoms with Crippen molar-refractivity contribution in [3.05, 3.63) is 47.0 Å². The van der Waals surface area contributed by atoms with E-state index in [0.717, 1.165) is 42.4 Å². The molecule has 0 saturated carbocycles. The number of methoxy groups -OCH3 is 4. The lowest BCUT2D eigenvalue weighted by atomic mass is 9.89. The Balaban J connectivity index is 1.90. The number of benzene rings is 2. The molecule has 1 aliphatic heterocycles. The van der Waals surface area contributed by atoms with E-state index in [1.165, 1.54) is 16.7 Å². The van der Waals surface area contributed by atoms with E-state index in [1.807, 2.05) is 6.07 Å². The SMILES string of the molecule is COc1ccc(CC2[NH2+]CCc3cc(OC)c(OC)cc32)cc1OC. The molecule has 5 nitrogen and oxygen atoms in total. The van der Waals surface area contributed by atoms with Crippen molar-refractivity contribution in [1.82, 2.24) is 0 Å². The lowest BCUT2D eigenvalue weighted by Gasteiger charge is -2.25. The van der Waals surface area contributed by atoms with Crippen molar-refractivity contribution in [2.45, 2.75) is 18.9 Å². The van der Waals surface area contributed by atoms with E-state index in [-0.39, 0.29) is 0 Å². The van der Waals surface area contributed by atoms with E-state index in [2.05, 4.69) is 29.6 Å². The highest BCUT2D eigenvalue weighted by atomic mass is 16.5. The fourth-order valence-corrected chi connectivity index (χ4v) is 3.52. The Morgan fingerprint density at radius 2 is 1.48 bits per heavy atom. The summed E-state index contributed by atoms with van der Waals surface area (Å²) in [5.74, 6) is 3.11. The molecule has 0 saturated heterocycles. The van der Waals surface area contributed by atoms with Gasteiger partial charge in [-0.05, 0) is 35.4 Å². The second kappa shape index (κ2) is 7.66. The molecule has 0 spiro atoms. The standard InChI is InChI=1S/C20H25NO4/c1-22-17-6-5-13(10-18(17)23-2)9-16-15-12-20(25-4)19(24-3)11-14(15)7-8-21-16/h5-6,10-12,16,21H,7-9H2,1-4H3/p+1. The summed E-state index contributed by atoms with van der Waals surface area (Å²) in [5.41, 5.74) is 3.88. The highest BCUT2D eigenvalue weighted by Gasteiger charge is 2.26. The summed E-state index contributed by atoms with van der Waals surface area (Å²) in [4.78, 5) is 0. The molecule has 134 valence electrons. The van der Waals surface area contributed by atoms with Crippen molar-refractivity contribution in [2.24, 2.45) is 0 Å². The minimum Gasteiger partial charge on any atom is -0.493 e. The molecule has 0 fully saturated rings. The van der Waals surface area contributed by atoms with Gasteiger partial charge in [-0.1, -0.05) is 6.07 Å². The van der Waals surface area contributed by atoms with Crippen LogP contribution in [0.25, 0.3) is 0 Å². The number of hydrogen-bond acceptors (Lipinski definition) is 4. The molecule has 1 heterocycles. The van der Waals surface area contributed by atoms with Crippen molar-refractivity contribution in [3.63, 3.8) is 0 Å². The Labute approximate surface area is 148 Å². The molecule has 0 aromatic heterocycles. The number of hydrogen-bond donors (Lipinski definition) is 1. The summed E-state index contributed by atoms with van der Waals surface area (Å²) in [6, 6.07) is 10.7. The van der Waals surface area contributed by atoms with Gasteiger partial charge >= 0.3 is 0 Å². The smallest absolute Gasteiger partial charge is 0.161 e. The molecule has 0 aliphatic carbocycles. The van der Waals surface area contributed by atoms with Crippen LogP contribution in [0.5, 0.6) is 23.0 Å². The van der Waals surface area contributed by atoms with Crippen molar-refractivity contribution in [1.29, 1.82) is 0 Å². The molecule has 1 aliphatic rings. The molecule has 0 radical (unpaired) electrons. The van der Waals surface area contributed by atoms with Crippen LogP contribution in [0.3, 0.4) is 0 Å². The largest absolute Gasteiger partial charge is 0.493 e. The Hall–Kier alpha value is -2.40. The first-order valence-corrected chi connectivity index (χ1v) is 8.49. The highest BCUT2D eigenvalue weighted by Crippen LogP contribution is 2.35. The van der Waals surface area contributed by atoms with E-state index in [4.69, 9.17) is 18.9 Å². The van der Waals surface area contributed by atoms with Crippen LogP contribution < -0.4 is 24.3 Å². The van der Waals surface area contributed by atoms with Crippen LogP contribution in [0.1, 0.15) is 22.7 Å². The van der Waals surface area contributed by atoms with Crippen molar-refractivity contribution in [2.75, 3.05) is 35.0 Å². The number of ether oxygens (including phenoxy) is 4. The van der Waals surface area contributed by atoms with Gasteiger partial charge in [0.15, 0.2) is 23.0 Å². The summed E-state index contributed by atoms with van der Waals surface area (Å²) in [6.07, 6.45) is 1.96. The zero-order valence-electron chi connectivity index (χ0n) is 15.3. The molecule has 0 amide bonds. The molecule has 2 aromatic carbocycles. The number of nitrogens with two attached hydrogens (primary N) is 1. The summed E-state index contributed by atoms with van der Waals surface area (Å²) in [7, 11) is 6.68. The van der Waals surface area contributed by atoms with Crippen LogP contribution in [0.4, 0.5) is 0 Å². The van der Waals surface area contributed by atoms with Gasteiger partial charge in [-0.3, -0.25) is 0 Å². The summed E-state index contributed by atoms with van der Waals surface area (Å²) in [6.45, 7) is 1.07. The average molecular weight is 344 g/mol. The molecule has 1 unspecified atom stereocenters. The fraction of sp³-hybridized carbons (Fsp3) is 0.400. The van der Waals surface area contributed by atoms with Crippen molar-refractivity contribution in [3.8, 4) is 23.0 Å². The molecular weight excluding hydrogens is 318 g/mol. The third-order valence-electron chi connectivity index (χ3n) is 4.81. The molecule has 3 rings (SSSR count). The topological polar surface area (TPSA) is 53.5 Å². The minimum atomic E-state index is 0.349. The van der Waals surface area contributed by atoms with Crippen LogP contribution in [-0.2, 0) is 12.8 Å². The van der Waals surface area contributed by atoms with Crippen LogP contribution in [0.15, 0.2) is 30.3 Å². The molecule has 0 bridgehead atoms. The first-order chi connectivity index (χ1) is 12.2. The maximum Gasteiger partial charge on any atom is 0.161 e. The van der Waals surface area contributed by atoms with Crippen LogP contribution in [0, 0.1) is 0 Å². The number of fused-ring (bicyclic) bond motifs is 1. The van der Waals surface area contributed by atoms with Crippen molar-refractivity contribution >= 4 is 0 Å². The predicted molar refractivity (Wildman–Crippen MR) is 96.0 cm³/mol. The predicted octanol–water partition coefficient (Wildman–Crippen LogP) is 2.12. The zero-order chi connectivity index (χ0) is 17.8. The monoisotopic (exact) mass is 344 g/mol. The first-order valence-electron chi connectivity index (χ1n) is 8.49. The number of rotatable bonds is 6. The maximum atomic E-state index is 5.49.